The average molecular weight is 639 g/mol. The van der Waals surface area contributed by atoms with Crippen molar-refractivity contribution in [3.05, 3.63) is 12.2 Å². The molecule has 4 rings (SSSR count). The smallest absolute Gasteiger partial charge is 0.307 e. The van der Waals surface area contributed by atoms with Gasteiger partial charge in [-0.05, 0) is 84.0 Å². The first kappa shape index (κ1) is 34.6. The van der Waals surface area contributed by atoms with Crippen LogP contribution in [0, 0.1) is 29.1 Å². The van der Waals surface area contributed by atoms with Gasteiger partial charge in [-0.3, -0.25) is 23.9 Å². The Morgan fingerprint density at radius 1 is 1.18 bits per heavy atom. The number of methoxy groups -OCH3 is 1. The van der Waals surface area contributed by atoms with Crippen LogP contribution >= 0.6 is 0 Å². The second-order valence-corrected chi connectivity index (χ2v) is 17.0. The number of hydrogen-bond acceptors (Lipinski definition) is 9. The number of ether oxygens (including phenoxy) is 2. The number of allylic oxidation sites excluding steroid dienone is 2. The van der Waals surface area contributed by atoms with Crippen molar-refractivity contribution in [3.8, 4) is 0 Å². The molecule has 2 aliphatic carbocycles. The van der Waals surface area contributed by atoms with Crippen LogP contribution in [0.25, 0.3) is 0 Å². The number of nitrogens with zero attached hydrogens (tertiary/aromatic N) is 1. The van der Waals surface area contributed by atoms with E-state index in [-0.39, 0.29) is 50.2 Å². The predicted molar refractivity (Wildman–Crippen MR) is 162 cm³/mol. The van der Waals surface area contributed by atoms with Crippen LogP contribution in [0.4, 0.5) is 0 Å². The molecule has 1 saturated heterocycles. The van der Waals surface area contributed by atoms with E-state index in [0.29, 0.717) is 32.1 Å². The van der Waals surface area contributed by atoms with Gasteiger partial charge in [0.05, 0.1) is 34.6 Å². The first-order valence-corrected chi connectivity index (χ1v) is 17.3. The van der Waals surface area contributed by atoms with E-state index < -0.39 is 67.4 Å². The molecule has 7 atom stereocenters. The number of carbonyl (C=O) groups is 4. The summed E-state index contributed by atoms with van der Waals surface area (Å²) >= 11 is 0. The Morgan fingerprint density at radius 3 is 2.48 bits per heavy atom. The minimum atomic E-state index is -3.91. The molecule has 4 aliphatic rings. The molecule has 1 unspecified atom stereocenters. The zero-order chi connectivity index (χ0) is 32.7. The molecule has 2 amide bonds. The maximum Gasteiger partial charge on any atom is 0.307 e. The monoisotopic (exact) mass is 638 g/mol. The molecule has 44 heavy (non-hydrogen) atoms. The summed E-state index contributed by atoms with van der Waals surface area (Å²) in [5.41, 5.74) is -1.99. The van der Waals surface area contributed by atoms with E-state index in [4.69, 9.17) is 9.47 Å². The number of aliphatic hydroxyl groups is 1. The Hall–Kier alpha value is -2.31. The number of nitrogens with one attached hydrogen (secondary N) is 1. The molecule has 0 aromatic carbocycles. The Balaban J connectivity index is 1.66. The van der Waals surface area contributed by atoms with Crippen molar-refractivity contribution in [3.63, 3.8) is 0 Å². The summed E-state index contributed by atoms with van der Waals surface area (Å²) in [5.74, 6) is -3.38. The molecule has 2 aliphatic heterocycles. The number of hydrogen-bond donors (Lipinski definition) is 2. The van der Waals surface area contributed by atoms with E-state index in [2.05, 4.69) is 11.6 Å². The average Bonchev–Trinajstić information content (AvgIpc) is 3.78. The van der Waals surface area contributed by atoms with Crippen LogP contribution in [-0.4, -0.2) is 84.7 Å². The summed E-state index contributed by atoms with van der Waals surface area (Å²) in [4.78, 5) is 56.2. The normalized spacial score (nSPS) is 35.0. The van der Waals surface area contributed by atoms with Crippen LogP contribution in [0.3, 0.4) is 0 Å². The van der Waals surface area contributed by atoms with Gasteiger partial charge in [0.2, 0.25) is 21.8 Å². The molecule has 0 spiro atoms. The van der Waals surface area contributed by atoms with Crippen molar-refractivity contribution in [2.45, 2.75) is 115 Å². The highest BCUT2D eigenvalue weighted by Gasteiger charge is 2.62. The fourth-order valence-corrected chi connectivity index (χ4v) is 8.12. The van der Waals surface area contributed by atoms with Gasteiger partial charge in [-0.1, -0.05) is 19.1 Å². The number of carbonyl (C=O) groups excluding carboxylic acids is 4. The molecular formula is C32H50N2O9S. The van der Waals surface area contributed by atoms with E-state index in [1.165, 1.54) is 4.90 Å². The van der Waals surface area contributed by atoms with Gasteiger partial charge in [0, 0.05) is 33.1 Å². The van der Waals surface area contributed by atoms with Crippen LogP contribution < -0.4 is 4.72 Å². The van der Waals surface area contributed by atoms with Crippen molar-refractivity contribution in [1.29, 1.82) is 0 Å². The molecule has 0 radical (unpaired) electrons. The summed E-state index contributed by atoms with van der Waals surface area (Å²) in [7, 11) is -2.37. The van der Waals surface area contributed by atoms with Crippen molar-refractivity contribution in [2.24, 2.45) is 29.1 Å². The lowest BCUT2D eigenvalue weighted by Gasteiger charge is -2.34. The van der Waals surface area contributed by atoms with Gasteiger partial charge in [0.15, 0.2) is 5.78 Å². The first-order chi connectivity index (χ1) is 20.4. The van der Waals surface area contributed by atoms with Gasteiger partial charge in [-0.15, -0.1) is 0 Å². The molecular weight excluding hydrogens is 588 g/mol. The van der Waals surface area contributed by atoms with Crippen molar-refractivity contribution >= 4 is 33.6 Å². The van der Waals surface area contributed by atoms with Gasteiger partial charge >= 0.3 is 5.97 Å². The van der Waals surface area contributed by atoms with Gasteiger partial charge in [-0.25, -0.2) is 8.42 Å². The van der Waals surface area contributed by atoms with E-state index >= 15 is 0 Å². The number of fused-ring (bicyclic) bond motifs is 2. The summed E-state index contributed by atoms with van der Waals surface area (Å²) in [6.45, 7) is 9.09. The third kappa shape index (κ3) is 7.73. The Morgan fingerprint density at radius 2 is 1.86 bits per heavy atom. The van der Waals surface area contributed by atoms with Crippen LogP contribution in [0.5, 0.6) is 0 Å². The maximum absolute atomic E-state index is 14.3. The minimum Gasteiger partial charge on any atom is -0.460 e. The topological polar surface area (TPSA) is 156 Å². The van der Waals surface area contributed by atoms with E-state index in [1.807, 2.05) is 12.2 Å². The van der Waals surface area contributed by atoms with E-state index in [9.17, 15) is 32.7 Å². The fraction of sp³-hybridized carbons (Fsp3) is 0.812. The van der Waals surface area contributed by atoms with Gasteiger partial charge in [-0.2, -0.15) is 0 Å². The Kier molecular flexibility index (Phi) is 10.1. The molecule has 3 fully saturated rings. The second kappa shape index (κ2) is 12.8. The molecule has 2 saturated carbocycles. The number of sulfonamides is 1. The van der Waals surface area contributed by atoms with Crippen LogP contribution in [0.2, 0.25) is 0 Å². The highest BCUT2D eigenvalue weighted by Crippen LogP contribution is 2.57. The molecule has 0 aromatic rings. The lowest BCUT2D eigenvalue weighted by atomic mass is 9.81. The van der Waals surface area contributed by atoms with Gasteiger partial charge < -0.3 is 19.5 Å². The predicted octanol–water partition coefficient (Wildman–Crippen LogP) is 2.90. The summed E-state index contributed by atoms with van der Waals surface area (Å²) in [5, 5.41) is 10.7. The van der Waals surface area contributed by atoms with E-state index in [0.717, 1.165) is 6.42 Å². The SMILES string of the molecule is COC[C@@H]1CC(C)CC/C=C\[C@@H]2C[C@@]2(C(=O)NS(=O)(=O)C2(C)CC2)CC(=O)[C@@H]2C[C@@H](O)CN2C(=O)[C@H]1CC(=O)OC(C)(C)C. The van der Waals surface area contributed by atoms with E-state index in [1.54, 1.807) is 34.8 Å². The number of esters is 1. The fourth-order valence-electron chi connectivity index (χ4n) is 6.78. The van der Waals surface area contributed by atoms with Crippen molar-refractivity contribution < 1.29 is 42.2 Å². The van der Waals surface area contributed by atoms with Crippen molar-refractivity contribution in [2.75, 3.05) is 20.3 Å². The molecule has 2 N–H and O–H groups in total. The third-order valence-electron chi connectivity index (χ3n) is 9.81. The Labute approximate surface area is 261 Å². The molecule has 11 nitrogen and oxygen atoms in total. The molecule has 2 heterocycles. The minimum absolute atomic E-state index is 0.00362. The number of Topliss-reactive ketones (excluding diaryl/α,β-unsaturated/α-hetero) is 1. The third-order valence-corrected chi connectivity index (χ3v) is 12.0. The lowest BCUT2D eigenvalue weighted by molar-refractivity contribution is -0.160. The number of amides is 2. The quantitative estimate of drug-likeness (QED) is 0.316. The lowest BCUT2D eigenvalue weighted by Crippen LogP contribution is -2.48. The largest absolute Gasteiger partial charge is 0.460 e. The van der Waals surface area contributed by atoms with Crippen LogP contribution in [0.1, 0.15) is 92.4 Å². The highest BCUT2D eigenvalue weighted by molar-refractivity contribution is 7.91. The molecule has 0 aromatic heterocycles. The molecule has 0 bridgehead atoms. The zero-order valence-electron chi connectivity index (χ0n) is 27.0. The summed E-state index contributed by atoms with van der Waals surface area (Å²) in [6.07, 6.45) is 5.83. The van der Waals surface area contributed by atoms with Crippen LogP contribution in [-0.2, 0) is 38.7 Å². The van der Waals surface area contributed by atoms with Gasteiger partial charge in [0.1, 0.15) is 5.60 Å². The van der Waals surface area contributed by atoms with Crippen molar-refractivity contribution in [1.82, 2.24) is 9.62 Å². The van der Waals surface area contributed by atoms with Gasteiger partial charge in [0.25, 0.3) is 0 Å². The van der Waals surface area contributed by atoms with Crippen LogP contribution in [0.15, 0.2) is 12.2 Å². The number of aliphatic hydroxyl groups excluding tert-OH is 1. The summed E-state index contributed by atoms with van der Waals surface area (Å²) in [6, 6.07) is -1.00. The molecule has 12 heteroatoms. The maximum atomic E-state index is 14.3. The first-order valence-electron chi connectivity index (χ1n) is 15.9. The highest BCUT2D eigenvalue weighted by atomic mass is 32.2. The Bertz CT molecular complexity index is 1270. The number of rotatable bonds is 7. The zero-order valence-corrected chi connectivity index (χ0v) is 27.8. The standard InChI is InChI=1S/C32H50N2O9S/c1-20-9-7-8-10-22-16-32(22,29(39)33-44(40,41)31(5)11-12-31)17-26(36)25-14-23(35)18-34(25)28(38)24(21(13-20)19-42-6)15-27(37)43-30(2,3)4/h8,10,20-25,35H,7,9,11-19H2,1-6H3,(H,33,39)/b10-8-/t20?,21-,22+,23+,24-,25-,32+/m0/s1. The number of ketones is 1. The second-order valence-electron chi connectivity index (χ2n) is 14.8. The molecule has 248 valence electrons. The summed E-state index contributed by atoms with van der Waals surface area (Å²) < 4.78 is 38.3.